The average Bonchev–Trinajstić information content (AvgIpc) is 3.43. The molecule has 0 saturated heterocycles. The van der Waals surface area contributed by atoms with E-state index in [0.29, 0.717) is 0 Å². The maximum absolute atomic E-state index is 7.50. The molecule has 0 aliphatic carbocycles. The van der Waals surface area contributed by atoms with Gasteiger partial charge in [-0.3, -0.25) is 0 Å². The fourth-order valence-corrected chi connectivity index (χ4v) is 2.01. The summed E-state index contributed by atoms with van der Waals surface area (Å²) in [7, 11) is 0. The third kappa shape index (κ3) is 881. The van der Waals surface area contributed by atoms with Crippen LogP contribution in [-0.4, -0.2) is 104 Å². The van der Waals surface area contributed by atoms with E-state index in [1.54, 1.807) is 6.92 Å². The Morgan fingerprint density at radius 2 is 0.309 bits per heavy atom. The molecule has 0 fully saturated rings. The van der Waals surface area contributed by atoms with Crippen molar-refractivity contribution in [3.8, 4) is 0 Å². The van der Waals surface area contributed by atoms with Crippen LogP contribution in [0.5, 0.6) is 0 Å². The molecule has 0 rings (SSSR count). The van der Waals surface area contributed by atoms with E-state index in [9.17, 15) is 0 Å². The van der Waals surface area contributed by atoms with Gasteiger partial charge in [-0.1, -0.05) is 20.8 Å². The van der Waals surface area contributed by atoms with Gasteiger partial charge in [0.15, 0.2) is 0 Å². The second kappa shape index (κ2) is 1170. The molecule has 22 nitrogen and oxygen atoms in total. The topological polar surface area (TPSA) is 401 Å². The van der Waals surface area contributed by atoms with Crippen LogP contribution < -0.4 is 49.6 Å². The fraction of sp³-hybridized carbons (Fsp3) is 0.417. The Morgan fingerprint density at radius 3 is 0.309 bits per heavy atom. The number of nitrogens with zero attached hydrogens (tertiary/aromatic N) is 2. The maximum Gasteiger partial charge on any atom is 0 e. The molecule has 0 aliphatic rings. The Balaban J connectivity index is -0.00000000623. The van der Waals surface area contributed by atoms with Gasteiger partial charge in [-0.2, -0.15) is 6.92 Å². The molecule has 0 aromatic carbocycles. The summed E-state index contributed by atoms with van der Waals surface area (Å²) >= 11 is 0. The van der Waals surface area contributed by atoms with Gasteiger partial charge < -0.3 is 65.9 Å². The molecule has 0 aliphatic heterocycles. The zero-order valence-electron chi connectivity index (χ0n) is 36.8. The van der Waals surface area contributed by atoms with Crippen LogP contribution in [0.3, 0.4) is 0 Å². The van der Waals surface area contributed by atoms with Gasteiger partial charge in [-0.25, -0.2) is 0 Å². The molecule has 32 heteroatoms. The summed E-state index contributed by atoms with van der Waals surface area (Å²) < 4.78 is 151. The van der Waals surface area contributed by atoms with Crippen molar-refractivity contribution in [3.63, 3.8) is 0 Å². The number of halogens is 4. The molecule has 0 N–H and O–H groups in total. The molecule has 380 valence electrons. The summed E-state index contributed by atoms with van der Waals surface area (Å²) in [5, 5.41) is 0. The summed E-state index contributed by atoms with van der Waals surface area (Å²) in [4.78, 5) is 2.38. The van der Waals surface area contributed by atoms with Crippen LogP contribution in [0.25, 0.3) is 0 Å². The van der Waals surface area contributed by atoms with E-state index in [1.165, 1.54) is 50.3 Å². The molecular weight excluding hydrogens is 1370 g/mol. The normalized spacial score (nSPS) is 3.32. The van der Waals surface area contributed by atoms with Gasteiger partial charge in [0.25, 0.3) is 0 Å². The number of hydrogen-bond donors (Lipinski definition) is 0. The Kier molecular flexibility index (Phi) is 4320. The monoisotopic (exact) mass is 1410 g/mol. The van der Waals surface area contributed by atoms with Crippen LogP contribution in [0.1, 0.15) is 55.4 Å². The van der Waals surface area contributed by atoms with Crippen molar-refractivity contribution in [2.24, 2.45) is 0 Å². The molecule has 0 heterocycles. The van der Waals surface area contributed by atoms with E-state index in [0.717, 1.165) is 0 Å². The van der Waals surface area contributed by atoms with Crippen molar-refractivity contribution >= 4 is 48.9 Å². The molecule has 0 aromatic heterocycles. The van der Waals surface area contributed by atoms with Gasteiger partial charge in [-0.05, 0) is 47.3 Å². The third-order valence-electron chi connectivity index (χ3n) is 4.02. The van der Waals surface area contributed by atoms with E-state index in [4.69, 9.17) is 93.0 Å². The van der Waals surface area contributed by atoms with Gasteiger partial charge in [-0.15, -0.1) is 0 Å². The van der Waals surface area contributed by atoms with Crippen molar-refractivity contribution in [1.82, 2.24) is 4.90 Å². The maximum atomic E-state index is 7.50. The standard InChI is InChI=1S/C8H20N.C6H15N.C2H5.20CO.4ClH.4Cr.2Sb/c1-5-9(6-2,7-3)8-4;1-4-7(5-2)6-3;21*1-2;;;;;;;;;;/h5-8H2,1-4H3;4-6H2,1-3H3;1H2,2H3;;;;;;;;;;;;;;;;;;;;;4*1H;;;;;;/q+1;;-1;;;;;;;;;;;;;;;;;;;;;;;;;;;;;;/p-4. The quantitative estimate of drug-likeness (QED) is 0.102. The van der Waals surface area contributed by atoms with Crippen LogP contribution in [0.4, 0.5) is 0 Å². The second-order valence-corrected chi connectivity index (χ2v) is 4.23. The molecule has 0 saturated carbocycles. The van der Waals surface area contributed by atoms with Gasteiger partial charge >= 0.3 is 226 Å². The van der Waals surface area contributed by atoms with Gasteiger partial charge in [0, 0.05) is 118 Å². The van der Waals surface area contributed by atoms with E-state index in [-0.39, 0.29) is 168 Å². The van der Waals surface area contributed by atoms with Crippen LogP contribution in [0.15, 0.2) is 0 Å². The summed E-state index contributed by atoms with van der Waals surface area (Å²) in [5.74, 6) is 0. The van der Waals surface area contributed by atoms with E-state index < -0.39 is 0 Å². The van der Waals surface area contributed by atoms with Crippen LogP contribution in [0.2, 0.25) is 0 Å². The summed E-state index contributed by atoms with van der Waals surface area (Å²) in [5.41, 5.74) is 0. The van der Waals surface area contributed by atoms with Crippen molar-refractivity contribution in [1.29, 1.82) is 0 Å². The SMILES string of the molecule is CCN(CC)CC.CC[N+](CC)(CC)CC.[C-]#[O+].[C-]#[O+].[C-]#[O+].[C-]#[O+].[C-]#[O+].[C-]#[O+].[C-]#[O+].[C-]#[O+].[C-]#[O+].[C-]#[O+].[C-]#[O+].[C-]#[O+].[C-]#[O+].[C-]#[O+].[C-]#[O+].[C-]#[O+].[C-]#[O+].[C-]#[O+].[C-]#[O+].[C-]#[O+].[CH2-]C.[Cl-].[Cl-].[Cl-].[Cl-].[Cr].[Cr].[Cr].[Cr].[Sb].[Sb]. The number of quaternary nitrogens is 1. The van der Waals surface area contributed by atoms with Crippen molar-refractivity contribution in [2.75, 3.05) is 45.8 Å². The molecule has 0 unspecified atom stereocenters. The largest absolute Gasteiger partial charge is 1.00 e. The third-order valence-corrected chi connectivity index (χ3v) is 4.02. The van der Waals surface area contributed by atoms with Gasteiger partial charge in [0.05, 0.1) is 26.2 Å². The summed E-state index contributed by atoms with van der Waals surface area (Å²) in [6.45, 7) is 119. The first-order chi connectivity index (χ1) is 28.6. The second-order valence-electron chi connectivity index (χ2n) is 4.23. The molecule has 0 aromatic rings. The minimum atomic E-state index is 0. The minimum Gasteiger partial charge on any atom is -1.00 e. The molecule has 0 atom stereocenters. The predicted octanol–water partition coefficient (Wildman–Crippen LogP) is -9.43. The number of rotatable bonds is 7. The molecule has 0 spiro atoms. The molecule has 6 radical (unpaired) electrons. The predicted molar refractivity (Wildman–Crippen MR) is 177 cm³/mol. The first-order valence-electron chi connectivity index (χ1n) is 12.0. The zero-order chi connectivity index (χ0) is 55.0. The Morgan fingerprint density at radius 1 is 0.250 bits per heavy atom. The summed E-state index contributed by atoms with van der Waals surface area (Å²) in [6, 6.07) is 0. The molecule has 0 amide bonds. The number of hydrogen-bond acceptors (Lipinski definition) is 1. The first-order valence-corrected chi connectivity index (χ1v) is 12.0. The van der Waals surface area contributed by atoms with E-state index in [2.05, 4.69) is 193 Å². The van der Waals surface area contributed by atoms with Gasteiger partial charge in [0.1, 0.15) is 0 Å². The smallest absolute Gasteiger partial charge is 0 e. The fourth-order valence-electron chi connectivity index (χ4n) is 2.01. The van der Waals surface area contributed by atoms with Crippen molar-refractivity contribution < 1.29 is 217 Å². The van der Waals surface area contributed by atoms with Crippen LogP contribution in [0, 0.1) is 140 Å². The Labute approximate surface area is 506 Å². The molecule has 68 heavy (non-hydrogen) atoms. The Hall–Kier alpha value is -0.354. The average molecular weight is 1410 g/mol. The van der Waals surface area contributed by atoms with E-state index in [1.807, 2.05) is 0 Å². The minimum absolute atomic E-state index is 0. The van der Waals surface area contributed by atoms with Crippen molar-refractivity contribution in [2.45, 2.75) is 55.4 Å². The van der Waals surface area contributed by atoms with E-state index >= 15 is 0 Å². The molecular formula is C36H40Cl4Cr4N2O20Sb2-4. The zero-order valence-corrected chi connectivity index (χ0v) is 50.0. The van der Waals surface area contributed by atoms with Crippen LogP contribution in [-0.2, 0) is 162 Å². The first kappa shape index (κ1) is 250. The van der Waals surface area contributed by atoms with Crippen molar-refractivity contribution in [3.05, 3.63) is 140 Å². The summed E-state index contributed by atoms with van der Waals surface area (Å²) in [6.07, 6.45) is 0. The Bertz CT molecular complexity index is 684. The van der Waals surface area contributed by atoms with Crippen LogP contribution >= 0.6 is 0 Å². The van der Waals surface area contributed by atoms with Gasteiger partial charge in [0.2, 0.25) is 0 Å². The molecule has 0 bridgehead atoms.